The first-order valence-electron chi connectivity index (χ1n) is 3.38. The lowest BCUT2D eigenvalue weighted by Gasteiger charge is -1.97. The number of alkyl halides is 1. The maximum absolute atomic E-state index is 11.5. The van der Waals surface area contributed by atoms with Gasteiger partial charge in [-0.05, 0) is 19.3 Å². The molecule has 3 heteroatoms. The number of hydrogen-bond acceptors (Lipinski definition) is 2. The molecule has 0 fully saturated rings. The topological polar surface area (TPSA) is 29.5 Å². The maximum Gasteiger partial charge on any atom is 0.117 e. The fraction of sp³-hybridized carbons (Fsp3) is 0.714. The summed E-state index contributed by atoms with van der Waals surface area (Å²) in [5, 5.41) is 8.10. The van der Waals surface area contributed by atoms with Crippen molar-refractivity contribution < 1.29 is 14.2 Å². The molecule has 0 unspecified atom stereocenters. The fourth-order valence-corrected chi connectivity index (χ4v) is 0.568. The van der Waals surface area contributed by atoms with Crippen LogP contribution in [0.25, 0.3) is 0 Å². The Morgan fingerprint density at radius 2 is 2.10 bits per heavy atom. The van der Waals surface area contributed by atoms with E-state index >= 15 is 0 Å². The molecule has 0 bridgehead atoms. The highest BCUT2D eigenvalue weighted by Gasteiger charge is 1.86. The fourth-order valence-electron chi connectivity index (χ4n) is 0.568. The van der Waals surface area contributed by atoms with Crippen molar-refractivity contribution in [3.05, 3.63) is 12.5 Å². The Labute approximate surface area is 60.3 Å². The molecule has 60 valence electrons. The molecule has 0 spiro atoms. The van der Waals surface area contributed by atoms with E-state index in [9.17, 15) is 4.39 Å². The van der Waals surface area contributed by atoms with E-state index in [-0.39, 0.29) is 6.67 Å². The molecule has 0 saturated carbocycles. The summed E-state index contributed by atoms with van der Waals surface area (Å²) >= 11 is 0. The molecule has 0 aliphatic heterocycles. The molecule has 0 saturated heterocycles. The van der Waals surface area contributed by atoms with Crippen LogP contribution in [-0.2, 0) is 4.74 Å². The molecule has 0 radical (unpaired) electrons. The number of hydrogen-bond donors (Lipinski definition) is 1. The monoisotopic (exact) mass is 148 g/mol. The summed E-state index contributed by atoms with van der Waals surface area (Å²) in [4.78, 5) is 0. The molecule has 10 heavy (non-hydrogen) atoms. The van der Waals surface area contributed by atoms with Gasteiger partial charge in [-0.25, -0.2) is 0 Å². The van der Waals surface area contributed by atoms with Gasteiger partial charge in [-0.15, -0.1) is 0 Å². The number of unbranched alkanes of at least 4 members (excludes halogenated alkanes) is 2. The molecule has 0 aromatic rings. The summed E-state index contributed by atoms with van der Waals surface area (Å²) < 4.78 is 16.3. The van der Waals surface area contributed by atoms with Crippen molar-refractivity contribution >= 4 is 0 Å². The first-order valence-corrected chi connectivity index (χ1v) is 3.38. The van der Waals surface area contributed by atoms with Crippen LogP contribution < -0.4 is 0 Å². The van der Waals surface area contributed by atoms with E-state index in [0.717, 1.165) is 19.1 Å². The number of ether oxygens (including phenoxy) is 1. The van der Waals surface area contributed by atoms with Crippen LogP contribution in [0.5, 0.6) is 0 Å². The smallest absolute Gasteiger partial charge is 0.117 e. The zero-order valence-electron chi connectivity index (χ0n) is 5.92. The van der Waals surface area contributed by atoms with E-state index in [2.05, 4.69) is 0 Å². The van der Waals surface area contributed by atoms with Gasteiger partial charge in [-0.1, -0.05) is 0 Å². The van der Waals surface area contributed by atoms with Gasteiger partial charge in [-0.2, -0.15) is 0 Å². The molecule has 1 N–H and O–H groups in total. The Morgan fingerprint density at radius 1 is 1.30 bits per heavy atom. The number of aliphatic hydroxyl groups is 1. The number of aliphatic hydroxyl groups excluding tert-OH is 1. The molecule has 2 nitrogen and oxygen atoms in total. The van der Waals surface area contributed by atoms with Gasteiger partial charge in [0.1, 0.15) is 12.5 Å². The van der Waals surface area contributed by atoms with E-state index in [4.69, 9.17) is 9.84 Å². The minimum atomic E-state index is -0.254. The number of halogens is 1. The Kier molecular flexibility index (Phi) is 7.67. The Morgan fingerprint density at radius 3 is 2.70 bits per heavy atom. The largest absolute Gasteiger partial charge is 0.512 e. The van der Waals surface area contributed by atoms with Crippen LogP contribution in [0.2, 0.25) is 0 Å². The molecule has 0 amide bonds. The maximum atomic E-state index is 11.5. The van der Waals surface area contributed by atoms with E-state index in [1.54, 1.807) is 0 Å². The van der Waals surface area contributed by atoms with Crippen molar-refractivity contribution in [1.29, 1.82) is 0 Å². The minimum Gasteiger partial charge on any atom is -0.512 e. The van der Waals surface area contributed by atoms with Gasteiger partial charge in [0.25, 0.3) is 0 Å². The van der Waals surface area contributed by atoms with Crippen molar-refractivity contribution in [2.24, 2.45) is 0 Å². The van der Waals surface area contributed by atoms with E-state index in [0.29, 0.717) is 13.0 Å². The predicted octanol–water partition coefficient (Wildman–Crippen LogP) is 2.17. The summed E-state index contributed by atoms with van der Waals surface area (Å²) in [7, 11) is 0. The number of rotatable bonds is 6. The van der Waals surface area contributed by atoms with E-state index in [1.165, 1.54) is 6.26 Å². The third kappa shape index (κ3) is 7.27. The van der Waals surface area contributed by atoms with E-state index < -0.39 is 0 Å². The highest BCUT2D eigenvalue weighted by Crippen LogP contribution is 1.95. The average molecular weight is 148 g/mol. The van der Waals surface area contributed by atoms with Gasteiger partial charge < -0.3 is 9.84 Å². The lowest BCUT2D eigenvalue weighted by atomic mass is 10.3. The van der Waals surface area contributed by atoms with Crippen LogP contribution in [0.1, 0.15) is 19.3 Å². The summed E-state index contributed by atoms with van der Waals surface area (Å²) in [6, 6.07) is 0. The molecule has 0 aromatic carbocycles. The summed E-state index contributed by atoms with van der Waals surface area (Å²) in [6.45, 7) is 0.299. The second-order valence-corrected chi connectivity index (χ2v) is 1.91. The average Bonchev–Trinajstić information content (AvgIpc) is 1.97. The SMILES string of the molecule is OC=COCCCCCF. The Bertz CT molecular complexity index is 83.7. The minimum absolute atomic E-state index is 0.254. The molecule has 0 aromatic heterocycles. The second-order valence-electron chi connectivity index (χ2n) is 1.91. The molecule has 0 atom stereocenters. The van der Waals surface area contributed by atoms with Crippen LogP contribution in [0, 0.1) is 0 Å². The summed E-state index contributed by atoms with van der Waals surface area (Å²) in [5.41, 5.74) is 0. The van der Waals surface area contributed by atoms with Crippen molar-refractivity contribution in [3.63, 3.8) is 0 Å². The van der Waals surface area contributed by atoms with Crippen molar-refractivity contribution in [2.45, 2.75) is 19.3 Å². The third-order valence-electron chi connectivity index (χ3n) is 1.05. The normalized spacial score (nSPS) is 10.5. The van der Waals surface area contributed by atoms with Crippen molar-refractivity contribution in [3.8, 4) is 0 Å². The molecule has 0 aliphatic carbocycles. The van der Waals surface area contributed by atoms with Gasteiger partial charge in [-0.3, -0.25) is 4.39 Å². The lowest BCUT2D eigenvalue weighted by molar-refractivity contribution is 0.229. The Hall–Kier alpha value is -0.730. The zero-order valence-corrected chi connectivity index (χ0v) is 5.92. The molecular formula is C7H13FO2. The first kappa shape index (κ1) is 9.27. The standard InChI is InChI=1S/C7H13FO2/c8-4-2-1-3-6-10-7-5-9/h5,7,9H,1-4,6H2. The summed E-state index contributed by atoms with van der Waals surface area (Å²) in [5.74, 6) is 0. The van der Waals surface area contributed by atoms with Gasteiger partial charge in [0.15, 0.2) is 0 Å². The lowest BCUT2D eigenvalue weighted by Crippen LogP contribution is -1.87. The highest BCUT2D eigenvalue weighted by molar-refractivity contribution is 4.56. The zero-order chi connectivity index (χ0) is 7.66. The van der Waals surface area contributed by atoms with Crippen LogP contribution in [0.15, 0.2) is 12.5 Å². The van der Waals surface area contributed by atoms with Gasteiger partial charge in [0, 0.05) is 0 Å². The van der Waals surface area contributed by atoms with Gasteiger partial charge in [0.2, 0.25) is 0 Å². The van der Waals surface area contributed by atoms with Crippen LogP contribution in [0.3, 0.4) is 0 Å². The molecule has 0 heterocycles. The highest BCUT2D eigenvalue weighted by atomic mass is 19.1. The second kappa shape index (κ2) is 8.27. The Balaban J connectivity index is 2.77. The molecular weight excluding hydrogens is 135 g/mol. The first-order chi connectivity index (χ1) is 4.91. The quantitative estimate of drug-likeness (QED) is 0.462. The van der Waals surface area contributed by atoms with Crippen molar-refractivity contribution in [1.82, 2.24) is 0 Å². The van der Waals surface area contributed by atoms with Gasteiger partial charge >= 0.3 is 0 Å². The third-order valence-corrected chi connectivity index (χ3v) is 1.05. The van der Waals surface area contributed by atoms with Crippen LogP contribution in [-0.4, -0.2) is 18.4 Å². The molecule has 0 rings (SSSR count). The molecule has 0 aliphatic rings. The van der Waals surface area contributed by atoms with Crippen LogP contribution in [0.4, 0.5) is 4.39 Å². The summed E-state index contributed by atoms with van der Waals surface area (Å²) in [6.07, 6.45) is 4.35. The van der Waals surface area contributed by atoms with Crippen LogP contribution >= 0.6 is 0 Å². The van der Waals surface area contributed by atoms with Gasteiger partial charge in [0.05, 0.1) is 13.3 Å². The van der Waals surface area contributed by atoms with E-state index in [1.807, 2.05) is 0 Å². The van der Waals surface area contributed by atoms with Crippen molar-refractivity contribution in [2.75, 3.05) is 13.3 Å². The predicted molar refractivity (Wildman–Crippen MR) is 37.5 cm³/mol.